The lowest BCUT2D eigenvalue weighted by atomic mass is 9.99. The highest BCUT2D eigenvalue weighted by molar-refractivity contribution is 5.89. The molecule has 0 amide bonds. The summed E-state index contributed by atoms with van der Waals surface area (Å²) < 4.78 is 16.8. The molecule has 0 aromatic carbocycles. The first-order chi connectivity index (χ1) is 7.97. The van der Waals surface area contributed by atoms with Gasteiger partial charge in [0.1, 0.15) is 18.5 Å². The van der Waals surface area contributed by atoms with Gasteiger partial charge in [-0.2, -0.15) is 0 Å². The van der Waals surface area contributed by atoms with Gasteiger partial charge in [-0.25, -0.2) is 14.0 Å². The van der Waals surface area contributed by atoms with Crippen LogP contribution in [0.3, 0.4) is 0 Å². The molecule has 0 radical (unpaired) electrons. The number of hydrogen-bond donors (Lipinski definition) is 3. The Bertz CT molecular complexity index is 423. The first-order valence-electron chi connectivity index (χ1n) is 4.47. The van der Waals surface area contributed by atoms with Crippen molar-refractivity contribution in [3.63, 3.8) is 0 Å². The number of carbonyl (C=O) groups is 2. The lowest BCUT2D eigenvalue weighted by Gasteiger charge is -2.23. The van der Waals surface area contributed by atoms with Crippen LogP contribution in [0.5, 0.6) is 0 Å². The maximum atomic E-state index is 12.1. The molecule has 0 saturated carbocycles. The van der Waals surface area contributed by atoms with Gasteiger partial charge in [-0.05, 0) is 12.2 Å². The maximum Gasteiger partial charge on any atom is 0.373 e. The molecular formula is C10H9FO6. The zero-order valence-corrected chi connectivity index (χ0v) is 8.41. The van der Waals surface area contributed by atoms with Crippen molar-refractivity contribution in [3.8, 4) is 0 Å². The van der Waals surface area contributed by atoms with Crippen molar-refractivity contribution in [3.05, 3.63) is 35.9 Å². The monoisotopic (exact) mass is 244 g/mol. The van der Waals surface area contributed by atoms with Crippen molar-refractivity contribution in [2.75, 3.05) is 0 Å². The lowest BCUT2D eigenvalue weighted by Crippen LogP contribution is -2.34. The van der Waals surface area contributed by atoms with Crippen LogP contribution >= 0.6 is 0 Å². The van der Waals surface area contributed by atoms with E-state index in [0.717, 1.165) is 6.08 Å². The number of rotatable bonds is 4. The van der Waals surface area contributed by atoms with Crippen molar-refractivity contribution in [2.45, 2.75) is 12.2 Å². The third kappa shape index (κ3) is 2.91. The van der Waals surface area contributed by atoms with Gasteiger partial charge in [0.25, 0.3) is 0 Å². The van der Waals surface area contributed by atoms with Crippen LogP contribution in [0.4, 0.5) is 4.39 Å². The summed E-state index contributed by atoms with van der Waals surface area (Å²) in [5, 5.41) is 26.8. The zero-order valence-electron chi connectivity index (χ0n) is 8.41. The molecular weight excluding hydrogens is 235 g/mol. The summed E-state index contributed by atoms with van der Waals surface area (Å²) in [4.78, 5) is 21.1. The van der Waals surface area contributed by atoms with Gasteiger partial charge in [0.15, 0.2) is 0 Å². The van der Waals surface area contributed by atoms with E-state index < -0.39 is 29.9 Å². The minimum absolute atomic E-state index is 0.276. The molecule has 0 heterocycles. The van der Waals surface area contributed by atoms with Crippen LogP contribution in [0.1, 0.15) is 0 Å². The molecule has 3 N–H and O–H groups in total. The number of halogens is 1. The summed E-state index contributed by atoms with van der Waals surface area (Å²) in [6.45, 7) is 0. The van der Waals surface area contributed by atoms with Crippen molar-refractivity contribution >= 4 is 11.9 Å². The van der Waals surface area contributed by atoms with Gasteiger partial charge in [0.2, 0.25) is 5.76 Å². The minimum Gasteiger partial charge on any atom is -0.478 e. The van der Waals surface area contributed by atoms with E-state index in [1.165, 1.54) is 12.2 Å². The highest BCUT2D eigenvalue weighted by Gasteiger charge is 2.30. The molecule has 0 aliphatic heterocycles. The number of ether oxygens (including phenoxy) is 1. The number of carboxylic acids is 2. The first-order valence-corrected chi connectivity index (χ1v) is 4.47. The number of hydrogen-bond acceptors (Lipinski definition) is 4. The van der Waals surface area contributed by atoms with E-state index in [4.69, 9.17) is 10.2 Å². The second-order valence-corrected chi connectivity index (χ2v) is 3.12. The van der Waals surface area contributed by atoms with E-state index in [0.29, 0.717) is 0 Å². The Morgan fingerprint density at radius 2 is 2.06 bits per heavy atom. The van der Waals surface area contributed by atoms with E-state index in [1.807, 2.05) is 0 Å². The zero-order chi connectivity index (χ0) is 13.0. The van der Waals surface area contributed by atoms with Crippen molar-refractivity contribution in [1.29, 1.82) is 0 Å². The van der Waals surface area contributed by atoms with Gasteiger partial charge < -0.3 is 20.1 Å². The fourth-order valence-electron chi connectivity index (χ4n) is 1.22. The minimum atomic E-state index is -1.65. The quantitative estimate of drug-likeness (QED) is 0.482. The Morgan fingerprint density at radius 1 is 1.41 bits per heavy atom. The summed E-state index contributed by atoms with van der Waals surface area (Å²) in [7, 11) is 0. The highest BCUT2D eigenvalue weighted by atomic mass is 19.1. The highest BCUT2D eigenvalue weighted by Crippen LogP contribution is 2.19. The Labute approximate surface area is 94.9 Å². The molecule has 0 unspecified atom stereocenters. The van der Waals surface area contributed by atoms with Crippen LogP contribution < -0.4 is 0 Å². The first kappa shape index (κ1) is 12.9. The van der Waals surface area contributed by atoms with Crippen molar-refractivity contribution in [2.24, 2.45) is 0 Å². The smallest absolute Gasteiger partial charge is 0.373 e. The van der Waals surface area contributed by atoms with Gasteiger partial charge in [-0.15, -0.1) is 0 Å². The Hall–Kier alpha value is -2.15. The molecule has 17 heavy (non-hydrogen) atoms. The molecule has 6 nitrogen and oxygen atoms in total. The number of aliphatic hydroxyl groups is 1. The van der Waals surface area contributed by atoms with E-state index in [-0.39, 0.29) is 11.9 Å². The topological polar surface area (TPSA) is 104 Å². The van der Waals surface area contributed by atoms with Crippen molar-refractivity contribution < 1.29 is 34.0 Å². The molecule has 2 atom stereocenters. The summed E-state index contributed by atoms with van der Waals surface area (Å²) >= 11 is 0. The maximum absolute atomic E-state index is 12.1. The van der Waals surface area contributed by atoms with E-state index in [2.05, 4.69) is 4.74 Å². The van der Waals surface area contributed by atoms with Crippen LogP contribution in [-0.2, 0) is 14.3 Å². The van der Waals surface area contributed by atoms with Crippen LogP contribution in [0.2, 0.25) is 0 Å². The van der Waals surface area contributed by atoms with Crippen LogP contribution in [-0.4, -0.2) is 39.5 Å². The molecule has 0 fully saturated rings. The Kier molecular flexibility index (Phi) is 4.00. The average Bonchev–Trinajstić information content (AvgIpc) is 2.26. The molecule has 1 rings (SSSR count). The molecule has 0 aromatic heterocycles. The van der Waals surface area contributed by atoms with Gasteiger partial charge in [-0.3, -0.25) is 0 Å². The van der Waals surface area contributed by atoms with Crippen LogP contribution in [0, 0.1) is 0 Å². The summed E-state index contributed by atoms with van der Waals surface area (Å²) in [6.07, 6.45) is 0.548. The normalized spacial score (nSPS) is 24.1. The fraction of sp³-hybridized carbons (Fsp3) is 0.200. The van der Waals surface area contributed by atoms with E-state index >= 15 is 0 Å². The molecule has 0 saturated heterocycles. The molecule has 1 aliphatic rings. The number of carboxylic acid groups (broad SMARTS) is 2. The number of aliphatic hydroxyl groups excluding tert-OH is 1. The summed E-state index contributed by atoms with van der Waals surface area (Å²) in [6, 6.07) is 0. The predicted molar refractivity (Wildman–Crippen MR) is 52.6 cm³/mol. The van der Waals surface area contributed by atoms with Crippen molar-refractivity contribution in [1.82, 2.24) is 0 Å². The molecule has 0 bridgehead atoms. The SMILES string of the molecule is O=C(O)C1=CC=C[C@H](O/C(=C\F)C(=O)O)[C@H]1O. The standard InChI is InChI=1S/C10H9FO6/c11-4-7(10(15)16)17-6-3-1-2-5(8(6)12)9(13)14/h1-4,6,8,12H,(H,13,14)(H,15,16)/b7-4-/t6-,8-/m0/s1. The van der Waals surface area contributed by atoms with E-state index in [9.17, 15) is 19.1 Å². The molecule has 92 valence electrons. The van der Waals surface area contributed by atoms with Gasteiger partial charge in [-0.1, -0.05) is 6.08 Å². The summed E-state index contributed by atoms with van der Waals surface area (Å²) in [5.74, 6) is -4.03. The van der Waals surface area contributed by atoms with Gasteiger partial charge in [0.05, 0.1) is 5.57 Å². The van der Waals surface area contributed by atoms with Crippen LogP contribution in [0.15, 0.2) is 35.9 Å². The molecule has 0 aromatic rings. The molecule has 1 aliphatic carbocycles. The average molecular weight is 244 g/mol. The second kappa shape index (κ2) is 5.26. The number of allylic oxidation sites excluding steroid dienone is 2. The third-order valence-electron chi connectivity index (χ3n) is 2.03. The van der Waals surface area contributed by atoms with Gasteiger partial charge in [0, 0.05) is 0 Å². The lowest BCUT2D eigenvalue weighted by molar-refractivity contribution is -0.138. The van der Waals surface area contributed by atoms with Gasteiger partial charge >= 0.3 is 11.9 Å². The van der Waals surface area contributed by atoms with Crippen LogP contribution in [0.25, 0.3) is 0 Å². The molecule has 0 spiro atoms. The Balaban J connectivity index is 2.83. The second-order valence-electron chi connectivity index (χ2n) is 3.12. The largest absolute Gasteiger partial charge is 0.478 e. The van der Waals surface area contributed by atoms with E-state index in [1.54, 1.807) is 0 Å². The summed E-state index contributed by atoms with van der Waals surface area (Å²) in [5.41, 5.74) is -0.360. The Morgan fingerprint density at radius 3 is 2.53 bits per heavy atom. The predicted octanol–water partition coefficient (Wildman–Crippen LogP) is 0.209. The third-order valence-corrected chi connectivity index (χ3v) is 2.03. The fourth-order valence-corrected chi connectivity index (χ4v) is 1.22. The number of aliphatic carboxylic acids is 2. The molecule has 7 heteroatoms.